The highest BCUT2D eigenvalue weighted by Gasteiger charge is 2.23. The zero-order valence-electron chi connectivity index (χ0n) is 13.3. The average molecular weight is 310 g/mol. The molecule has 0 saturated heterocycles. The Hall–Kier alpha value is -2.89. The number of nitrogens with one attached hydrogen (secondary N) is 1. The molecule has 0 unspecified atom stereocenters. The van der Waals surface area contributed by atoms with E-state index in [1.165, 1.54) is 0 Å². The van der Waals surface area contributed by atoms with Crippen LogP contribution in [0.4, 0.5) is 0 Å². The van der Waals surface area contributed by atoms with Crippen molar-refractivity contribution in [2.45, 2.75) is 13.0 Å². The molecule has 23 heavy (non-hydrogen) atoms. The number of aromatic nitrogens is 3. The van der Waals surface area contributed by atoms with E-state index in [1.54, 1.807) is 31.2 Å². The number of carbonyl (C=O) groups excluding carboxylic acids is 1. The summed E-state index contributed by atoms with van der Waals surface area (Å²) in [5.74, 6) is 0.655. The van der Waals surface area contributed by atoms with Gasteiger partial charge in [-0.2, -0.15) is 15.4 Å². The molecule has 1 N–H and O–H groups in total. The molecule has 0 aliphatic heterocycles. The van der Waals surface area contributed by atoms with Crippen LogP contribution in [0.2, 0.25) is 0 Å². The number of fused-ring (bicyclic) bond motifs is 1. The molecule has 0 fully saturated rings. The summed E-state index contributed by atoms with van der Waals surface area (Å²) in [6.45, 7) is 1.97. The lowest BCUT2D eigenvalue weighted by molar-refractivity contribution is 0.0743. The maximum atomic E-state index is 12.9. The molecule has 6 nitrogen and oxygen atoms in total. The number of hydrogen-bond acceptors (Lipinski definition) is 4. The third-order valence-electron chi connectivity index (χ3n) is 4.07. The van der Waals surface area contributed by atoms with Crippen molar-refractivity contribution >= 4 is 16.9 Å². The zero-order chi connectivity index (χ0) is 16.4. The highest BCUT2D eigenvalue weighted by atomic mass is 16.5. The number of benzene rings is 2. The average Bonchev–Trinajstić information content (AvgIpc) is 3.08. The minimum Gasteiger partial charge on any atom is -0.496 e. The molecule has 0 radical (unpaired) electrons. The Morgan fingerprint density at radius 1 is 1.17 bits per heavy atom. The van der Waals surface area contributed by atoms with Gasteiger partial charge >= 0.3 is 0 Å². The number of H-pyrrole nitrogens is 1. The van der Waals surface area contributed by atoms with E-state index in [1.807, 2.05) is 37.3 Å². The number of aromatic amines is 1. The number of carbonyl (C=O) groups is 1. The predicted molar refractivity (Wildman–Crippen MR) is 87.4 cm³/mol. The normalized spacial score (nSPS) is 12.1. The second kappa shape index (κ2) is 6.08. The van der Waals surface area contributed by atoms with Crippen LogP contribution in [-0.4, -0.2) is 40.4 Å². The van der Waals surface area contributed by atoms with Crippen LogP contribution in [-0.2, 0) is 0 Å². The molecule has 3 aromatic rings. The van der Waals surface area contributed by atoms with Crippen LogP contribution in [0.1, 0.15) is 28.9 Å². The Bertz CT molecular complexity index is 843. The van der Waals surface area contributed by atoms with Gasteiger partial charge in [0, 0.05) is 12.6 Å². The minimum absolute atomic E-state index is 0.108. The summed E-state index contributed by atoms with van der Waals surface area (Å²) >= 11 is 0. The Morgan fingerprint density at radius 2 is 1.96 bits per heavy atom. The molecular weight excluding hydrogens is 292 g/mol. The van der Waals surface area contributed by atoms with Crippen molar-refractivity contribution in [1.82, 2.24) is 20.3 Å². The Kier molecular flexibility index (Phi) is 3.97. The SMILES string of the molecule is COc1ccccc1[C@H](C)N(C)C(=O)c1cccc2n[nH]nc12. The van der Waals surface area contributed by atoms with Crippen molar-refractivity contribution in [3.8, 4) is 5.75 Å². The van der Waals surface area contributed by atoms with E-state index in [0.29, 0.717) is 16.6 Å². The molecule has 0 aliphatic carbocycles. The van der Waals surface area contributed by atoms with E-state index in [-0.39, 0.29) is 11.9 Å². The third-order valence-corrected chi connectivity index (χ3v) is 4.07. The summed E-state index contributed by atoms with van der Waals surface area (Å²) < 4.78 is 5.39. The highest BCUT2D eigenvalue weighted by molar-refractivity contribution is 6.04. The lowest BCUT2D eigenvalue weighted by atomic mass is 10.0. The van der Waals surface area contributed by atoms with Gasteiger partial charge in [-0.05, 0) is 25.1 Å². The third kappa shape index (κ3) is 2.63. The van der Waals surface area contributed by atoms with Crippen molar-refractivity contribution < 1.29 is 9.53 Å². The molecule has 2 aromatic carbocycles. The summed E-state index contributed by atoms with van der Waals surface area (Å²) in [6.07, 6.45) is 0. The summed E-state index contributed by atoms with van der Waals surface area (Å²) in [4.78, 5) is 14.6. The molecule has 0 spiro atoms. The van der Waals surface area contributed by atoms with Gasteiger partial charge in [-0.3, -0.25) is 4.79 Å². The van der Waals surface area contributed by atoms with Gasteiger partial charge in [0.15, 0.2) is 0 Å². The molecule has 1 heterocycles. The highest BCUT2D eigenvalue weighted by Crippen LogP contribution is 2.29. The van der Waals surface area contributed by atoms with Crippen molar-refractivity contribution in [1.29, 1.82) is 0 Å². The van der Waals surface area contributed by atoms with Gasteiger partial charge in [0.1, 0.15) is 16.8 Å². The molecule has 3 rings (SSSR count). The first-order valence-corrected chi connectivity index (χ1v) is 7.33. The number of amides is 1. The van der Waals surface area contributed by atoms with E-state index < -0.39 is 0 Å². The van der Waals surface area contributed by atoms with Crippen LogP contribution >= 0.6 is 0 Å². The molecule has 0 bridgehead atoms. The maximum absolute atomic E-state index is 12.9. The number of nitrogens with zero attached hydrogens (tertiary/aromatic N) is 3. The van der Waals surface area contributed by atoms with Crippen molar-refractivity contribution in [3.05, 3.63) is 53.6 Å². The van der Waals surface area contributed by atoms with E-state index in [9.17, 15) is 4.79 Å². The van der Waals surface area contributed by atoms with Crippen LogP contribution in [0.3, 0.4) is 0 Å². The van der Waals surface area contributed by atoms with E-state index in [2.05, 4.69) is 15.4 Å². The van der Waals surface area contributed by atoms with Gasteiger partial charge in [-0.1, -0.05) is 24.3 Å². The fourth-order valence-corrected chi connectivity index (χ4v) is 2.63. The molecule has 1 amide bonds. The quantitative estimate of drug-likeness (QED) is 0.804. The number of hydrogen-bond donors (Lipinski definition) is 1. The van der Waals surface area contributed by atoms with Crippen molar-refractivity contribution in [2.24, 2.45) is 0 Å². The summed E-state index contributed by atoms with van der Waals surface area (Å²) in [6, 6.07) is 12.9. The molecule has 6 heteroatoms. The molecule has 1 atom stereocenters. The van der Waals surface area contributed by atoms with Crippen LogP contribution in [0, 0.1) is 0 Å². The number of ether oxygens (including phenoxy) is 1. The summed E-state index contributed by atoms with van der Waals surface area (Å²) in [7, 11) is 3.40. The Balaban J connectivity index is 1.94. The van der Waals surface area contributed by atoms with Gasteiger partial charge in [-0.25, -0.2) is 0 Å². The lowest BCUT2D eigenvalue weighted by Gasteiger charge is -2.26. The monoisotopic (exact) mass is 310 g/mol. The number of methoxy groups -OCH3 is 1. The van der Waals surface area contributed by atoms with Gasteiger partial charge in [0.05, 0.1) is 18.7 Å². The second-order valence-electron chi connectivity index (χ2n) is 5.33. The molecular formula is C17H18N4O2. The zero-order valence-corrected chi connectivity index (χ0v) is 13.3. The van der Waals surface area contributed by atoms with Crippen LogP contribution in [0.15, 0.2) is 42.5 Å². The van der Waals surface area contributed by atoms with Gasteiger partial charge in [0.25, 0.3) is 5.91 Å². The van der Waals surface area contributed by atoms with Gasteiger partial charge < -0.3 is 9.64 Å². The first-order chi connectivity index (χ1) is 11.1. The van der Waals surface area contributed by atoms with E-state index in [4.69, 9.17) is 4.74 Å². The Morgan fingerprint density at radius 3 is 2.74 bits per heavy atom. The van der Waals surface area contributed by atoms with Gasteiger partial charge in [-0.15, -0.1) is 0 Å². The van der Waals surface area contributed by atoms with Crippen LogP contribution in [0.25, 0.3) is 11.0 Å². The van der Waals surface area contributed by atoms with E-state index in [0.717, 1.165) is 11.3 Å². The smallest absolute Gasteiger partial charge is 0.256 e. The summed E-state index contributed by atoms with van der Waals surface area (Å²) in [5, 5.41) is 10.7. The fourth-order valence-electron chi connectivity index (χ4n) is 2.63. The first-order valence-electron chi connectivity index (χ1n) is 7.33. The minimum atomic E-state index is -0.138. The lowest BCUT2D eigenvalue weighted by Crippen LogP contribution is -2.30. The number of rotatable bonds is 4. The molecule has 118 valence electrons. The second-order valence-corrected chi connectivity index (χ2v) is 5.33. The topological polar surface area (TPSA) is 71.1 Å². The van der Waals surface area contributed by atoms with Crippen LogP contribution in [0.5, 0.6) is 5.75 Å². The summed E-state index contributed by atoms with van der Waals surface area (Å²) in [5.41, 5.74) is 2.74. The Labute approximate surface area is 134 Å². The van der Waals surface area contributed by atoms with Crippen molar-refractivity contribution in [2.75, 3.05) is 14.2 Å². The fraction of sp³-hybridized carbons (Fsp3) is 0.235. The van der Waals surface area contributed by atoms with Crippen molar-refractivity contribution in [3.63, 3.8) is 0 Å². The number of para-hydroxylation sites is 2. The van der Waals surface area contributed by atoms with E-state index >= 15 is 0 Å². The van der Waals surface area contributed by atoms with Crippen LogP contribution < -0.4 is 4.74 Å². The molecule has 1 aromatic heterocycles. The largest absolute Gasteiger partial charge is 0.496 e. The predicted octanol–water partition coefficient (Wildman–Crippen LogP) is 2.80. The maximum Gasteiger partial charge on any atom is 0.256 e. The molecule has 0 aliphatic rings. The van der Waals surface area contributed by atoms with Gasteiger partial charge in [0.2, 0.25) is 0 Å². The molecule has 0 saturated carbocycles. The first kappa shape index (κ1) is 15.0. The standard InChI is InChI=1S/C17H18N4O2/c1-11(12-7-4-5-10-15(12)23-3)21(2)17(22)13-8-6-9-14-16(13)19-20-18-14/h4-11H,1-3H3,(H,18,19,20)/t11-/m0/s1.